The number of unbranched alkanes of at least 4 members (excludes halogenated alkanes) is 22. The molecule has 1 nitrogen and oxygen atoms in total. The zero-order valence-electron chi connectivity index (χ0n) is 31.5. The van der Waals surface area contributed by atoms with Gasteiger partial charge < -0.3 is 5.32 Å². The van der Waals surface area contributed by atoms with E-state index in [0.717, 1.165) is 19.4 Å². The van der Waals surface area contributed by atoms with Crippen molar-refractivity contribution in [2.24, 2.45) is 0 Å². The zero-order valence-corrected chi connectivity index (χ0v) is 31.5. The van der Waals surface area contributed by atoms with Crippen molar-refractivity contribution in [2.45, 2.75) is 226 Å². The standard InChI is InChI=1S/C44H83N/c1-5-8-10-12-14-16-18-20-22-24-26-28-30-32-34-36-38-40-42-44(4,45-7-3)43-41-39-37-35-33-31-29-27-25-23-21-19-17-15-13-11-9-6-2/h14-17,20-23,45H,5-13,18-19,24-43H2,1-4H3/b16-14-,17-15-,22-20-,23-21-. The van der Waals surface area contributed by atoms with Crippen LogP contribution in [0.5, 0.6) is 0 Å². The molecule has 0 aliphatic heterocycles. The Morgan fingerprint density at radius 3 is 0.956 bits per heavy atom. The van der Waals surface area contributed by atoms with Crippen LogP contribution < -0.4 is 5.32 Å². The fourth-order valence-corrected chi connectivity index (χ4v) is 6.44. The minimum atomic E-state index is 0.353. The molecular formula is C44H83N. The second kappa shape index (κ2) is 37.4. The Kier molecular flexibility index (Phi) is 36.5. The lowest BCUT2D eigenvalue weighted by atomic mass is 9.88. The predicted octanol–water partition coefficient (Wildman–Crippen LogP) is 15.3. The number of allylic oxidation sites excluding steroid dienone is 8. The molecule has 264 valence electrons. The molecule has 0 saturated carbocycles. The van der Waals surface area contributed by atoms with E-state index in [1.807, 2.05) is 0 Å². The van der Waals surface area contributed by atoms with Gasteiger partial charge in [-0.3, -0.25) is 0 Å². The SMILES string of the molecule is CCCCC/C=C\C/C=C\CCCCCCCCCCC(C)(CCCCCCCCCC/C=C\C/C=C\CCCCC)NCC. The average Bonchev–Trinajstić information content (AvgIpc) is 3.04. The summed E-state index contributed by atoms with van der Waals surface area (Å²) in [7, 11) is 0. The fraction of sp³-hybridized carbons (Fsp3) is 0.818. The summed E-state index contributed by atoms with van der Waals surface area (Å²) < 4.78 is 0. The van der Waals surface area contributed by atoms with Crippen LogP contribution in [0.3, 0.4) is 0 Å². The van der Waals surface area contributed by atoms with Crippen molar-refractivity contribution in [1.82, 2.24) is 5.32 Å². The third-order valence-corrected chi connectivity index (χ3v) is 9.46. The van der Waals surface area contributed by atoms with Crippen molar-refractivity contribution in [3.63, 3.8) is 0 Å². The summed E-state index contributed by atoms with van der Waals surface area (Å²) in [6.07, 6.45) is 59.6. The molecule has 1 heteroatoms. The van der Waals surface area contributed by atoms with Crippen LogP contribution in [-0.2, 0) is 0 Å². The molecule has 0 aliphatic rings. The van der Waals surface area contributed by atoms with Gasteiger partial charge in [0.15, 0.2) is 0 Å². The van der Waals surface area contributed by atoms with Crippen LogP contribution in [0.4, 0.5) is 0 Å². The van der Waals surface area contributed by atoms with Gasteiger partial charge in [-0.15, -0.1) is 0 Å². The normalized spacial score (nSPS) is 12.7. The molecule has 0 aromatic rings. The first kappa shape index (κ1) is 43.9. The van der Waals surface area contributed by atoms with Crippen LogP contribution in [0.2, 0.25) is 0 Å². The van der Waals surface area contributed by atoms with Crippen molar-refractivity contribution < 1.29 is 0 Å². The second-order valence-electron chi connectivity index (χ2n) is 14.2. The van der Waals surface area contributed by atoms with E-state index in [0.29, 0.717) is 5.54 Å². The minimum Gasteiger partial charge on any atom is -0.312 e. The number of hydrogen-bond acceptors (Lipinski definition) is 1. The Labute approximate surface area is 285 Å². The number of nitrogens with one attached hydrogen (secondary N) is 1. The summed E-state index contributed by atoms with van der Waals surface area (Å²) in [6.45, 7) is 10.4. The Hall–Kier alpha value is -1.08. The van der Waals surface area contributed by atoms with Gasteiger partial charge in [-0.25, -0.2) is 0 Å². The quantitative estimate of drug-likeness (QED) is 0.0539. The molecule has 45 heavy (non-hydrogen) atoms. The molecule has 0 radical (unpaired) electrons. The summed E-state index contributed by atoms with van der Waals surface area (Å²) in [5.74, 6) is 0. The van der Waals surface area contributed by atoms with Crippen LogP contribution in [0, 0.1) is 0 Å². The molecule has 0 atom stereocenters. The van der Waals surface area contributed by atoms with E-state index < -0.39 is 0 Å². The smallest absolute Gasteiger partial charge is 0.0153 e. The molecule has 0 heterocycles. The van der Waals surface area contributed by atoms with Gasteiger partial charge in [0.2, 0.25) is 0 Å². The highest BCUT2D eigenvalue weighted by Crippen LogP contribution is 2.23. The van der Waals surface area contributed by atoms with Crippen LogP contribution in [-0.4, -0.2) is 12.1 Å². The fourth-order valence-electron chi connectivity index (χ4n) is 6.44. The summed E-state index contributed by atoms with van der Waals surface area (Å²) in [6, 6.07) is 0. The molecule has 0 amide bonds. The Morgan fingerprint density at radius 1 is 0.356 bits per heavy atom. The average molecular weight is 626 g/mol. The van der Waals surface area contributed by atoms with Crippen molar-refractivity contribution >= 4 is 0 Å². The van der Waals surface area contributed by atoms with Crippen molar-refractivity contribution in [3.8, 4) is 0 Å². The Balaban J connectivity index is 3.59. The highest BCUT2D eigenvalue weighted by atomic mass is 14.9. The maximum Gasteiger partial charge on any atom is 0.0153 e. The molecule has 0 spiro atoms. The largest absolute Gasteiger partial charge is 0.312 e. The van der Waals surface area contributed by atoms with Gasteiger partial charge in [0.25, 0.3) is 0 Å². The van der Waals surface area contributed by atoms with Gasteiger partial charge >= 0.3 is 0 Å². The van der Waals surface area contributed by atoms with Crippen molar-refractivity contribution in [1.29, 1.82) is 0 Å². The zero-order chi connectivity index (χ0) is 32.8. The summed E-state index contributed by atoms with van der Waals surface area (Å²) in [4.78, 5) is 0. The Morgan fingerprint density at radius 2 is 0.644 bits per heavy atom. The van der Waals surface area contributed by atoms with Crippen molar-refractivity contribution in [3.05, 3.63) is 48.6 Å². The maximum atomic E-state index is 3.85. The van der Waals surface area contributed by atoms with E-state index in [9.17, 15) is 0 Å². The van der Waals surface area contributed by atoms with Crippen LogP contribution in [0.1, 0.15) is 220 Å². The molecule has 0 saturated heterocycles. The topological polar surface area (TPSA) is 12.0 Å². The molecule has 0 bridgehead atoms. The monoisotopic (exact) mass is 626 g/mol. The molecule has 0 rings (SSSR count). The predicted molar refractivity (Wildman–Crippen MR) is 208 cm³/mol. The first-order valence-electron chi connectivity index (χ1n) is 20.5. The Bertz CT molecular complexity index is 616. The van der Waals surface area contributed by atoms with Crippen LogP contribution in [0.25, 0.3) is 0 Å². The molecular weight excluding hydrogens is 542 g/mol. The minimum absolute atomic E-state index is 0.353. The van der Waals surface area contributed by atoms with Gasteiger partial charge in [-0.1, -0.05) is 185 Å². The van der Waals surface area contributed by atoms with E-state index in [1.54, 1.807) is 0 Å². The van der Waals surface area contributed by atoms with E-state index >= 15 is 0 Å². The van der Waals surface area contributed by atoms with Gasteiger partial charge in [0.05, 0.1) is 0 Å². The van der Waals surface area contributed by atoms with E-state index in [2.05, 4.69) is 81.6 Å². The lowest BCUT2D eigenvalue weighted by Crippen LogP contribution is -2.42. The number of hydrogen-bond donors (Lipinski definition) is 1. The maximum absolute atomic E-state index is 3.85. The van der Waals surface area contributed by atoms with Gasteiger partial charge in [0.1, 0.15) is 0 Å². The van der Waals surface area contributed by atoms with Crippen molar-refractivity contribution in [2.75, 3.05) is 6.54 Å². The molecule has 0 fully saturated rings. The highest BCUT2D eigenvalue weighted by molar-refractivity contribution is 4.93. The summed E-state index contributed by atoms with van der Waals surface area (Å²) in [5, 5.41) is 3.85. The van der Waals surface area contributed by atoms with E-state index in [-0.39, 0.29) is 0 Å². The summed E-state index contributed by atoms with van der Waals surface area (Å²) in [5.41, 5.74) is 0.353. The third-order valence-electron chi connectivity index (χ3n) is 9.46. The highest BCUT2D eigenvalue weighted by Gasteiger charge is 2.21. The molecule has 0 aromatic carbocycles. The first-order chi connectivity index (χ1) is 22.2. The van der Waals surface area contributed by atoms with E-state index in [1.165, 1.54) is 180 Å². The van der Waals surface area contributed by atoms with Crippen LogP contribution >= 0.6 is 0 Å². The molecule has 0 aliphatic carbocycles. The van der Waals surface area contributed by atoms with E-state index in [4.69, 9.17) is 0 Å². The van der Waals surface area contributed by atoms with Crippen LogP contribution in [0.15, 0.2) is 48.6 Å². The van der Waals surface area contributed by atoms with Gasteiger partial charge in [-0.2, -0.15) is 0 Å². The lowest BCUT2D eigenvalue weighted by Gasteiger charge is -2.31. The van der Waals surface area contributed by atoms with Gasteiger partial charge in [0, 0.05) is 5.54 Å². The molecule has 0 aromatic heterocycles. The molecule has 1 N–H and O–H groups in total. The number of rotatable bonds is 36. The lowest BCUT2D eigenvalue weighted by molar-refractivity contribution is 0.292. The third kappa shape index (κ3) is 35.6. The van der Waals surface area contributed by atoms with Gasteiger partial charge in [-0.05, 0) is 90.5 Å². The summed E-state index contributed by atoms with van der Waals surface area (Å²) >= 11 is 0. The second-order valence-corrected chi connectivity index (χ2v) is 14.2. The molecule has 0 unspecified atom stereocenters. The first-order valence-corrected chi connectivity index (χ1v) is 20.5.